The third kappa shape index (κ3) is 4.98. The maximum atomic E-state index is 13.5. The minimum atomic E-state index is -2.74. The van der Waals surface area contributed by atoms with Crippen LogP contribution in [0.1, 0.15) is 17.3 Å². The van der Waals surface area contributed by atoms with Crippen molar-refractivity contribution in [2.45, 2.75) is 23.7 Å². The molecule has 0 saturated carbocycles. The van der Waals surface area contributed by atoms with Crippen LogP contribution in [0.2, 0.25) is 0 Å². The number of carbonyl (C=O) groups is 2. The first-order valence-corrected chi connectivity index (χ1v) is 8.17. The van der Waals surface area contributed by atoms with Crippen molar-refractivity contribution in [3.05, 3.63) is 59.7 Å². The second kappa shape index (κ2) is 8.70. The van der Waals surface area contributed by atoms with Crippen molar-refractivity contribution in [2.75, 3.05) is 5.32 Å². The largest absolute Gasteiger partial charge is 0.449 e. The number of anilines is 1. The summed E-state index contributed by atoms with van der Waals surface area (Å²) in [6.07, 6.45) is -1.41. The molecule has 0 aliphatic heterocycles. The summed E-state index contributed by atoms with van der Waals surface area (Å²) in [5.74, 6) is -6.70. The molecule has 0 aromatic heterocycles. The molecule has 0 radical (unpaired) electrons. The van der Waals surface area contributed by atoms with Gasteiger partial charge in [-0.3, -0.25) is 4.79 Å². The molecule has 0 spiro atoms. The maximum Gasteiger partial charge on any atom is 0.340 e. The zero-order chi connectivity index (χ0) is 19.3. The number of esters is 1. The van der Waals surface area contributed by atoms with Crippen LogP contribution in [0.3, 0.4) is 0 Å². The smallest absolute Gasteiger partial charge is 0.340 e. The quantitative estimate of drug-likeness (QED) is 0.452. The lowest BCUT2D eigenvalue weighted by Crippen LogP contribution is -2.30. The van der Waals surface area contributed by atoms with Crippen LogP contribution in [0.4, 0.5) is 23.2 Å². The maximum absolute atomic E-state index is 13.5. The predicted molar refractivity (Wildman–Crippen MR) is 88.2 cm³/mol. The number of ether oxygens (including phenoxy) is 1. The zero-order valence-electron chi connectivity index (χ0n) is 13.3. The third-order valence-corrected chi connectivity index (χ3v) is 3.98. The summed E-state index contributed by atoms with van der Waals surface area (Å²) < 4.78 is 57.1. The van der Waals surface area contributed by atoms with Gasteiger partial charge in [0.1, 0.15) is 17.3 Å². The molecule has 138 valence electrons. The number of hydrogen-bond acceptors (Lipinski definition) is 4. The van der Waals surface area contributed by atoms with Gasteiger partial charge in [-0.05, 0) is 31.2 Å². The Morgan fingerprint density at radius 1 is 1.04 bits per heavy atom. The number of halogens is 4. The molecule has 1 atom stereocenters. The van der Waals surface area contributed by atoms with E-state index in [9.17, 15) is 27.2 Å². The van der Waals surface area contributed by atoms with Crippen LogP contribution in [0.15, 0.2) is 47.4 Å². The Kier molecular flexibility index (Phi) is 6.62. The first-order chi connectivity index (χ1) is 12.3. The van der Waals surface area contributed by atoms with Crippen molar-refractivity contribution in [3.8, 4) is 0 Å². The Morgan fingerprint density at radius 3 is 2.27 bits per heavy atom. The fourth-order valence-corrected chi connectivity index (χ4v) is 2.58. The Morgan fingerprint density at radius 2 is 1.65 bits per heavy atom. The standard InChI is InChI=1S/C17H13F4NO3S/c1-9(15(23)22-14-11(18)6-4-7-12(14)19)25-16(24)10-5-2-3-8-13(10)26-17(20)21/h2-9,17H,1H3,(H,22,23)/t9-/m0/s1. The number of para-hydroxylation sites is 1. The Labute approximate surface area is 150 Å². The van der Waals surface area contributed by atoms with E-state index in [1.807, 2.05) is 5.32 Å². The molecule has 1 N–H and O–H groups in total. The van der Waals surface area contributed by atoms with Gasteiger partial charge in [-0.1, -0.05) is 30.0 Å². The van der Waals surface area contributed by atoms with Gasteiger partial charge in [0, 0.05) is 4.90 Å². The van der Waals surface area contributed by atoms with Crippen molar-refractivity contribution < 1.29 is 31.9 Å². The van der Waals surface area contributed by atoms with Gasteiger partial charge in [0.2, 0.25) is 0 Å². The van der Waals surface area contributed by atoms with Gasteiger partial charge in [-0.2, -0.15) is 8.78 Å². The lowest BCUT2D eigenvalue weighted by atomic mass is 10.2. The Balaban J connectivity index is 2.08. The monoisotopic (exact) mass is 387 g/mol. The summed E-state index contributed by atoms with van der Waals surface area (Å²) >= 11 is 0.162. The van der Waals surface area contributed by atoms with E-state index in [0.717, 1.165) is 18.2 Å². The summed E-state index contributed by atoms with van der Waals surface area (Å²) in [5, 5.41) is 1.99. The van der Waals surface area contributed by atoms with E-state index in [2.05, 4.69) is 0 Å². The van der Waals surface area contributed by atoms with E-state index in [1.54, 1.807) is 0 Å². The summed E-state index contributed by atoms with van der Waals surface area (Å²) in [4.78, 5) is 24.1. The highest BCUT2D eigenvalue weighted by molar-refractivity contribution is 7.99. The van der Waals surface area contributed by atoms with Gasteiger partial charge in [-0.25, -0.2) is 13.6 Å². The first-order valence-electron chi connectivity index (χ1n) is 7.29. The van der Waals surface area contributed by atoms with Gasteiger partial charge in [0.05, 0.1) is 5.56 Å². The molecule has 1 amide bonds. The molecule has 4 nitrogen and oxygen atoms in total. The normalized spacial score (nSPS) is 11.9. The van der Waals surface area contributed by atoms with E-state index < -0.39 is 41.1 Å². The van der Waals surface area contributed by atoms with Crippen LogP contribution in [0, 0.1) is 11.6 Å². The average molecular weight is 387 g/mol. The Bertz CT molecular complexity index is 796. The van der Waals surface area contributed by atoms with E-state index in [-0.39, 0.29) is 22.2 Å². The van der Waals surface area contributed by atoms with E-state index >= 15 is 0 Å². The van der Waals surface area contributed by atoms with Crippen LogP contribution < -0.4 is 5.32 Å². The number of thioether (sulfide) groups is 1. The SMILES string of the molecule is C[C@H](OC(=O)c1ccccc1SC(F)F)C(=O)Nc1c(F)cccc1F. The topological polar surface area (TPSA) is 55.4 Å². The molecular formula is C17H13F4NO3S. The molecule has 2 rings (SSSR count). The van der Waals surface area contributed by atoms with Crippen LogP contribution in [0.5, 0.6) is 0 Å². The number of rotatable bonds is 6. The van der Waals surface area contributed by atoms with Gasteiger partial charge in [0.25, 0.3) is 11.7 Å². The number of alkyl halides is 2. The highest BCUT2D eigenvalue weighted by Gasteiger charge is 2.23. The molecule has 0 aliphatic carbocycles. The third-order valence-electron chi connectivity index (χ3n) is 3.19. The average Bonchev–Trinajstić information content (AvgIpc) is 2.58. The number of hydrogen-bond donors (Lipinski definition) is 1. The molecule has 0 bridgehead atoms. The number of amides is 1. The molecule has 26 heavy (non-hydrogen) atoms. The highest BCUT2D eigenvalue weighted by atomic mass is 32.2. The molecule has 0 heterocycles. The minimum Gasteiger partial charge on any atom is -0.449 e. The van der Waals surface area contributed by atoms with Crippen molar-refractivity contribution in [1.82, 2.24) is 0 Å². The van der Waals surface area contributed by atoms with Gasteiger partial charge < -0.3 is 10.1 Å². The fraction of sp³-hybridized carbons (Fsp3) is 0.176. The Hall–Kier alpha value is -2.55. The van der Waals surface area contributed by atoms with Crippen molar-refractivity contribution >= 4 is 29.3 Å². The molecule has 9 heteroatoms. The highest BCUT2D eigenvalue weighted by Crippen LogP contribution is 2.29. The predicted octanol–water partition coefficient (Wildman–Crippen LogP) is 4.46. The number of carbonyl (C=O) groups excluding carboxylic acids is 2. The van der Waals surface area contributed by atoms with Gasteiger partial charge in [0.15, 0.2) is 6.10 Å². The van der Waals surface area contributed by atoms with Crippen LogP contribution in [0.25, 0.3) is 0 Å². The van der Waals surface area contributed by atoms with Crippen molar-refractivity contribution in [2.24, 2.45) is 0 Å². The summed E-state index contributed by atoms with van der Waals surface area (Å²) in [6, 6.07) is 8.53. The van der Waals surface area contributed by atoms with E-state index in [0.29, 0.717) is 0 Å². The number of benzene rings is 2. The van der Waals surface area contributed by atoms with Crippen LogP contribution in [-0.4, -0.2) is 23.7 Å². The lowest BCUT2D eigenvalue weighted by molar-refractivity contribution is -0.123. The first kappa shape index (κ1) is 19.8. The van der Waals surface area contributed by atoms with Gasteiger partial charge in [-0.15, -0.1) is 0 Å². The summed E-state index contributed by atoms with van der Waals surface area (Å²) in [7, 11) is 0. The lowest BCUT2D eigenvalue weighted by Gasteiger charge is -2.15. The zero-order valence-corrected chi connectivity index (χ0v) is 14.2. The van der Waals surface area contributed by atoms with Crippen molar-refractivity contribution in [3.63, 3.8) is 0 Å². The summed E-state index contributed by atoms with van der Waals surface area (Å²) in [5.41, 5.74) is -0.816. The van der Waals surface area contributed by atoms with E-state index in [1.165, 1.54) is 31.2 Å². The molecule has 0 aliphatic rings. The molecular weight excluding hydrogens is 374 g/mol. The minimum absolute atomic E-state index is 0.0137. The molecule has 0 unspecified atom stereocenters. The van der Waals surface area contributed by atoms with Crippen LogP contribution in [-0.2, 0) is 9.53 Å². The number of nitrogens with one attached hydrogen (secondary N) is 1. The fourth-order valence-electron chi connectivity index (χ4n) is 1.95. The van der Waals surface area contributed by atoms with Crippen molar-refractivity contribution in [1.29, 1.82) is 0 Å². The van der Waals surface area contributed by atoms with Crippen LogP contribution >= 0.6 is 11.8 Å². The summed E-state index contributed by atoms with van der Waals surface area (Å²) in [6.45, 7) is 1.19. The second-order valence-corrected chi connectivity index (χ2v) is 6.04. The molecule has 2 aromatic rings. The molecule has 2 aromatic carbocycles. The molecule has 0 saturated heterocycles. The second-order valence-electron chi connectivity index (χ2n) is 5.01. The molecule has 0 fully saturated rings. The van der Waals surface area contributed by atoms with E-state index in [4.69, 9.17) is 4.74 Å². The van der Waals surface area contributed by atoms with Gasteiger partial charge >= 0.3 is 5.97 Å².